The number of amides is 3. The normalized spacial score (nSPS) is 14.9. The maximum Gasteiger partial charge on any atom is 0.323 e. The Morgan fingerprint density at radius 2 is 1.72 bits per heavy atom. The first-order valence-corrected chi connectivity index (χ1v) is 10.5. The Morgan fingerprint density at radius 3 is 2.47 bits per heavy atom. The molecule has 1 unspecified atom stereocenters. The summed E-state index contributed by atoms with van der Waals surface area (Å²) in [4.78, 5) is 26.6. The number of benzene rings is 3. The quantitative estimate of drug-likeness (QED) is 0.541. The monoisotopic (exact) mass is 451 g/mol. The van der Waals surface area contributed by atoms with Gasteiger partial charge in [-0.25, -0.2) is 4.79 Å². The Balaban J connectivity index is 1.43. The molecule has 1 aliphatic heterocycles. The van der Waals surface area contributed by atoms with Crippen LogP contribution in [0.15, 0.2) is 72.8 Å². The van der Waals surface area contributed by atoms with Gasteiger partial charge in [0, 0.05) is 22.5 Å². The number of halogens is 1. The van der Waals surface area contributed by atoms with E-state index >= 15 is 0 Å². The van der Waals surface area contributed by atoms with Crippen LogP contribution in [0, 0.1) is 0 Å². The van der Waals surface area contributed by atoms with Crippen molar-refractivity contribution in [3.63, 3.8) is 0 Å². The molecule has 0 aliphatic carbocycles. The number of rotatable bonds is 6. The molecule has 1 aliphatic rings. The molecule has 3 aromatic carbocycles. The van der Waals surface area contributed by atoms with Crippen LogP contribution >= 0.6 is 11.6 Å². The summed E-state index contributed by atoms with van der Waals surface area (Å²) in [5.41, 5.74) is 1.79. The molecule has 3 amide bonds. The zero-order valence-corrected chi connectivity index (χ0v) is 18.1. The van der Waals surface area contributed by atoms with Crippen LogP contribution in [-0.4, -0.2) is 31.2 Å². The van der Waals surface area contributed by atoms with Crippen LogP contribution in [0.1, 0.15) is 6.92 Å². The molecule has 32 heavy (non-hydrogen) atoms. The van der Waals surface area contributed by atoms with Crippen molar-refractivity contribution in [3.05, 3.63) is 77.8 Å². The van der Waals surface area contributed by atoms with E-state index in [0.29, 0.717) is 41.0 Å². The molecule has 1 heterocycles. The lowest BCUT2D eigenvalue weighted by Crippen LogP contribution is -2.46. The lowest BCUT2D eigenvalue weighted by atomic mass is 10.1. The summed E-state index contributed by atoms with van der Waals surface area (Å²) in [7, 11) is 0. The molecule has 7 nitrogen and oxygen atoms in total. The third-order valence-electron chi connectivity index (χ3n) is 4.85. The first-order chi connectivity index (χ1) is 15.5. The maximum absolute atomic E-state index is 12.7. The van der Waals surface area contributed by atoms with Crippen molar-refractivity contribution in [1.82, 2.24) is 0 Å². The second kappa shape index (κ2) is 9.62. The number of nitrogens with zero attached hydrogens (tertiary/aromatic N) is 1. The van der Waals surface area contributed by atoms with Gasteiger partial charge < -0.3 is 25.0 Å². The largest absolute Gasteiger partial charge is 0.492 e. The van der Waals surface area contributed by atoms with Crippen LogP contribution in [0.25, 0.3) is 0 Å². The van der Waals surface area contributed by atoms with Gasteiger partial charge in [-0.15, -0.1) is 0 Å². The average Bonchev–Trinajstić information content (AvgIpc) is 2.78. The number of hydrogen-bond acceptors (Lipinski definition) is 4. The van der Waals surface area contributed by atoms with E-state index in [-0.39, 0.29) is 5.91 Å². The van der Waals surface area contributed by atoms with Crippen molar-refractivity contribution in [2.75, 3.05) is 28.7 Å². The Kier molecular flexibility index (Phi) is 6.47. The summed E-state index contributed by atoms with van der Waals surface area (Å²) in [6.07, 6.45) is -0.641. The molecule has 1 atom stereocenters. The molecule has 0 saturated heterocycles. The molecular formula is C24H22ClN3O4. The van der Waals surface area contributed by atoms with Crippen molar-refractivity contribution >= 4 is 40.6 Å². The van der Waals surface area contributed by atoms with E-state index in [4.69, 9.17) is 21.1 Å². The van der Waals surface area contributed by atoms with Crippen molar-refractivity contribution in [3.8, 4) is 11.5 Å². The van der Waals surface area contributed by atoms with Crippen LogP contribution in [0.5, 0.6) is 11.5 Å². The van der Waals surface area contributed by atoms with Gasteiger partial charge in [-0.2, -0.15) is 0 Å². The highest BCUT2D eigenvalue weighted by Gasteiger charge is 2.31. The number of anilines is 3. The number of ether oxygens (including phenoxy) is 2. The predicted molar refractivity (Wildman–Crippen MR) is 125 cm³/mol. The summed E-state index contributed by atoms with van der Waals surface area (Å²) in [6, 6.07) is 21.0. The topological polar surface area (TPSA) is 79.9 Å². The third kappa shape index (κ3) is 5.12. The summed E-state index contributed by atoms with van der Waals surface area (Å²) < 4.78 is 11.5. The third-order valence-corrected chi connectivity index (χ3v) is 5.11. The van der Waals surface area contributed by atoms with Crippen LogP contribution in [0.3, 0.4) is 0 Å². The molecule has 0 aromatic heterocycles. The van der Waals surface area contributed by atoms with Gasteiger partial charge >= 0.3 is 6.03 Å². The number of nitrogens with one attached hydrogen (secondary N) is 2. The van der Waals surface area contributed by atoms with Crippen molar-refractivity contribution in [2.24, 2.45) is 0 Å². The molecule has 8 heteroatoms. The SMILES string of the molecule is CC1Oc2cc(NC(=O)Nc3ccc(Cl)cc3)ccc2N(CCOc2ccccc2)C1=O. The predicted octanol–water partition coefficient (Wildman–Crippen LogP) is 5.18. The molecule has 0 fully saturated rings. The fourth-order valence-electron chi connectivity index (χ4n) is 3.32. The number of para-hydroxylation sites is 1. The van der Waals surface area contributed by atoms with Crippen LogP contribution < -0.4 is 25.0 Å². The van der Waals surface area contributed by atoms with E-state index in [2.05, 4.69) is 10.6 Å². The van der Waals surface area contributed by atoms with Gasteiger partial charge in [-0.05, 0) is 55.5 Å². The van der Waals surface area contributed by atoms with Crippen molar-refractivity contribution in [2.45, 2.75) is 13.0 Å². The molecule has 2 N–H and O–H groups in total. The van der Waals surface area contributed by atoms with Crippen molar-refractivity contribution in [1.29, 1.82) is 0 Å². The molecule has 0 bridgehead atoms. The zero-order chi connectivity index (χ0) is 22.5. The number of urea groups is 1. The van der Waals surface area contributed by atoms with Crippen LogP contribution in [-0.2, 0) is 4.79 Å². The molecule has 0 saturated carbocycles. The Hall–Kier alpha value is -3.71. The highest BCUT2D eigenvalue weighted by molar-refractivity contribution is 6.30. The summed E-state index contributed by atoms with van der Waals surface area (Å²) in [6.45, 7) is 2.41. The van der Waals surface area contributed by atoms with E-state index in [1.165, 1.54) is 0 Å². The van der Waals surface area contributed by atoms with Gasteiger partial charge in [0.05, 0.1) is 12.2 Å². The van der Waals surface area contributed by atoms with Gasteiger partial charge in [0.2, 0.25) is 0 Å². The molecular weight excluding hydrogens is 430 g/mol. The number of carbonyl (C=O) groups is 2. The average molecular weight is 452 g/mol. The number of fused-ring (bicyclic) bond motifs is 1. The Labute approximate surface area is 190 Å². The minimum absolute atomic E-state index is 0.143. The first kappa shape index (κ1) is 21.5. The molecule has 3 aromatic rings. The standard InChI is InChI=1S/C24H22ClN3O4/c1-16-23(29)28(13-14-31-20-5-3-2-4-6-20)21-12-11-19(15-22(21)32-16)27-24(30)26-18-9-7-17(25)8-10-18/h2-12,15-16H,13-14H2,1H3,(H2,26,27,30). The second-order valence-electron chi connectivity index (χ2n) is 7.18. The molecule has 0 spiro atoms. The minimum Gasteiger partial charge on any atom is -0.492 e. The second-order valence-corrected chi connectivity index (χ2v) is 7.62. The molecule has 164 valence electrons. The fraction of sp³-hybridized carbons (Fsp3) is 0.167. The highest BCUT2D eigenvalue weighted by atomic mass is 35.5. The summed E-state index contributed by atoms with van der Waals surface area (Å²) >= 11 is 5.86. The summed E-state index contributed by atoms with van der Waals surface area (Å²) in [5.74, 6) is 1.11. The number of carbonyl (C=O) groups excluding carboxylic acids is 2. The fourth-order valence-corrected chi connectivity index (χ4v) is 3.44. The van der Waals surface area contributed by atoms with E-state index in [1.54, 1.807) is 54.3 Å². The highest BCUT2D eigenvalue weighted by Crippen LogP contribution is 2.36. The first-order valence-electron chi connectivity index (χ1n) is 10.1. The Bertz CT molecular complexity index is 1110. The summed E-state index contributed by atoms with van der Waals surface area (Å²) in [5, 5.41) is 6.09. The molecule has 0 radical (unpaired) electrons. The van der Waals surface area contributed by atoms with Gasteiger partial charge in [0.15, 0.2) is 6.10 Å². The van der Waals surface area contributed by atoms with Crippen LogP contribution in [0.2, 0.25) is 5.02 Å². The van der Waals surface area contributed by atoms with Crippen molar-refractivity contribution < 1.29 is 19.1 Å². The zero-order valence-electron chi connectivity index (χ0n) is 17.4. The van der Waals surface area contributed by atoms with E-state index in [0.717, 1.165) is 5.75 Å². The smallest absolute Gasteiger partial charge is 0.323 e. The van der Waals surface area contributed by atoms with Gasteiger partial charge in [0.1, 0.15) is 18.1 Å². The number of hydrogen-bond donors (Lipinski definition) is 2. The molecule has 4 rings (SSSR count). The van der Waals surface area contributed by atoms with Gasteiger partial charge in [0.25, 0.3) is 5.91 Å². The van der Waals surface area contributed by atoms with Gasteiger partial charge in [-0.1, -0.05) is 29.8 Å². The van der Waals surface area contributed by atoms with Gasteiger partial charge in [-0.3, -0.25) is 4.79 Å². The van der Waals surface area contributed by atoms with E-state index in [1.807, 2.05) is 30.3 Å². The van der Waals surface area contributed by atoms with E-state index < -0.39 is 12.1 Å². The maximum atomic E-state index is 12.7. The lowest BCUT2D eigenvalue weighted by Gasteiger charge is -2.33. The minimum atomic E-state index is -0.641. The van der Waals surface area contributed by atoms with E-state index in [9.17, 15) is 9.59 Å². The van der Waals surface area contributed by atoms with Crippen LogP contribution in [0.4, 0.5) is 21.9 Å². The Morgan fingerprint density at radius 1 is 1.03 bits per heavy atom. The lowest BCUT2D eigenvalue weighted by molar-refractivity contribution is -0.125.